The summed E-state index contributed by atoms with van der Waals surface area (Å²) in [6.07, 6.45) is 0.971. The molecular formula is C16H22N4O2. The molecular weight excluding hydrogens is 280 g/mol. The Labute approximate surface area is 131 Å². The molecule has 1 aliphatic heterocycles. The number of nitriles is 1. The first-order chi connectivity index (χ1) is 10.7. The van der Waals surface area contributed by atoms with Gasteiger partial charge in [0.05, 0.1) is 24.3 Å². The topological polar surface area (TPSA) is 77.4 Å². The molecule has 0 saturated carbocycles. The number of nitrogens with zero attached hydrogens (tertiary/aromatic N) is 2. The number of likely N-dealkylation sites (N-methyl/N-ethyl adjacent to an activating group) is 1. The van der Waals surface area contributed by atoms with Crippen LogP contribution in [-0.4, -0.2) is 49.8 Å². The fourth-order valence-corrected chi connectivity index (χ4v) is 2.43. The van der Waals surface area contributed by atoms with Crippen LogP contribution in [-0.2, 0) is 4.74 Å². The summed E-state index contributed by atoms with van der Waals surface area (Å²) in [4.78, 5) is 14.2. The molecule has 0 radical (unpaired) electrons. The van der Waals surface area contributed by atoms with E-state index in [1.165, 1.54) is 0 Å². The third-order valence-corrected chi connectivity index (χ3v) is 3.67. The van der Waals surface area contributed by atoms with Crippen molar-refractivity contribution in [3.63, 3.8) is 0 Å². The lowest BCUT2D eigenvalue weighted by Gasteiger charge is -2.32. The number of morpholine rings is 1. The highest BCUT2D eigenvalue weighted by Gasteiger charge is 2.18. The molecule has 0 unspecified atom stereocenters. The van der Waals surface area contributed by atoms with Crippen molar-refractivity contribution >= 4 is 11.7 Å². The van der Waals surface area contributed by atoms with E-state index in [1.807, 2.05) is 6.07 Å². The molecule has 0 bridgehead atoms. The van der Waals surface area contributed by atoms with Crippen molar-refractivity contribution in [2.75, 3.05) is 38.1 Å². The number of nitrogens with one attached hydrogen (secondary N) is 2. The van der Waals surface area contributed by atoms with Gasteiger partial charge in [-0.3, -0.25) is 4.90 Å². The molecule has 6 nitrogen and oxygen atoms in total. The van der Waals surface area contributed by atoms with Crippen molar-refractivity contribution in [1.29, 1.82) is 5.26 Å². The zero-order valence-electron chi connectivity index (χ0n) is 12.8. The number of anilines is 1. The van der Waals surface area contributed by atoms with Gasteiger partial charge in [-0.15, -0.1) is 0 Å². The zero-order valence-corrected chi connectivity index (χ0v) is 12.8. The van der Waals surface area contributed by atoms with Crippen LogP contribution in [0.3, 0.4) is 0 Å². The number of benzene rings is 1. The molecule has 1 saturated heterocycles. The first kappa shape index (κ1) is 16.3. The predicted molar refractivity (Wildman–Crippen MR) is 84.6 cm³/mol. The molecule has 2 amide bonds. The Kier molecular flexibility index (Phi) is 6.19. The van der Waals surface area contributed by atoms with Gasteiger partial charge in [-0.25, -0.2) is 4.79 Å². The average Bonchev–Trinajstić information content (AvgIpc) is 2.55. The maximum absolute atomic E-state index is 11.8. The number of amides is 2. The predicted octanol–water partition coefficient (Wildman–Crippen LogP) is 1.79. The molecule has 0 aromatic heterocycles. The molecule has 1 aromatic carbocycles. The first-order valence-electron chi connectivity index (χ1n) is 7.60. The number of hydrogen-bond acceptors (Lipinski definition) is 4. The quantitative estimate of drug-likeness (QED) is 0.869. The largest absolute Gasteiger partial charge is 0.375 e. The molecule has 1 heterocycles. The van der Waals surface area contributed by atoms with Gasteiger partial charge in [-0.05, 0) is 31.2 Å². The third-order valence-electron chi connectivity index (χ3n) is 3.67. The smallest absolute Gasteiger partial charge is 0.319 e. The van der Waals surface area contributed by atoms with E-state index in [4.69, 9.17) is 10.00 Å². The van der Waals surface area contributed by atoms with Crippen molar-refractivity contribution in [1.82, 2.24) is 10.2 Å². The molecule has 1 aliphatic rings. The van der Waals surface area contributed by atoms with Crippen molar-refractivity contribution < 1.29 is 9.53 Å². The fourth-order valence-electron chi connectivity index (χ4n) is 2.43. The van der Waals surface area contributed by atoms with Crippen LogP contribution in [0.5, 0.6) is 0 Å². The molecule has 2 N–H and O–H groups in total. The lowest BCUT2D eigenvalue weighted by Crippen LogP contribution is -2.43. The van der Waals surface area contributed by atoms with Gasteiger partial charge in [0.15, 0.2) is 0 Å². The van der Waals surface area contributed by atoms with E-state index in [9.17, 15) is 4.79 Å². The summed E-state index contributed by atoms with van der Waals surface area (Å²) in [5.41, 5.74) is 1.13. The highest BCUT2D eigenvalue weighted by molar-refractivity contribution is 5.89. The van der Waals surface area contributed by atoms with Gasteiger partial charge >= 0.3 is 6.03 Å². The van der Waals surface area contributed by atoms with Crippen LogP contribution in [0, 0.1) is 11.3 Å². The number of urea groups is 1. The second kappa shape index (κ2) is 8.37. The van der Waals surface area contributed by atoms with Crippen molar-refractivity contribution in [2.45, 2.75) is 19.4 Å². The average molecular weight is 302 g/mol. The summed E-state index contributed by atoms with van der Waals surface area (Å²) < 4.78 is 5.69. The van der Waals surface area contributed by atoms with E-state index in [0.717, 1.165) is 32.7 Å². The highest BCUT2D eigenvalue weighted by Crippen LogP contribution is 2.10. The molecule has 1 atom stereocenters. The van der Waals surface area contributed by atoms with Crippen LogP contribution in [0.25, 0.3) is 0 Å². The van der Waals surface area contributed by atoms with Crippen molar-refractivity contribution in [3.8, 4) is 6.07 Å². The van der Waals surface area contributed by atoms with E-state index >= 15 is 0 Å². The minimum absolute atomic E-state index is 0.177. The molecule has 2 rings (SSSR count). The van der Waals surface area contributed by atoms with E-state index in [1.54, 1.807) is 24.3 Å². The first-order valence-corrected chi connectivity index (χ1v) is 7.60. The summed E-state index contributed by atoms with van der Waals surface area (Å²) in [5, 5.41) is 14.4. The summed E-state index contributed by atoms with van der Waals surface area (Å²) >= 11 is 0. The maximum Gasteiger partial charge on any atom is 0.319 e. The summed E-state index contributed by atoms with van der Waals surface area (Å²) in [6.45, 7) is 6.39. The standard InChI is InChI=1S/C16H22N4O2/c1-2-20-8-9-22-15(12-20)6-7-18-16(21)19-14-5-3-4-13(10-14)11-17/h3-5,10,15H,2,6-9,12H2,1H3,(H2,18,19,21)/t15-/m0/s1. The Morgan fingerprint density at radius 2 is 2.41 bits per heavy atom. The number of rotatable bonds is 5. The number of ether oxygens (including phenoxy) is 1. The zero-order chi connectivity index (χ0) is 15.8. The van der Waals surface area contributed by atoms with Crippen molar-refractivity contribution in [2.24, 2.45) is 0 Å². The summed E-state index contributed by atoms with van der Waals surface area (Å²) in [5.74, 6) is 0. The van der Waals surface area contributed by atoms with Crippen LogP contribution in [0.1, 0.15) is 18.9 Å². The molecule has 1 aromatic rings. The van der Waals surface area contributed by atoms with Gasteiger partial charge in [-0.1, -0.05) is 13.0 Å². The van der Waals surface area contributed by atoms with E-state index < -0.39 is 0 Å². The van der Waals surface area contributed by atoms with Crippen LogP contribution in [0.2, 0.25) is 0 Å². The van der Waals surface area contributed by atoms with Crippen LogP contribution in [0.4, 0.5) is 10.5 Å². The molecule has 6 heteroatoms. The maximum atomic E-state index is 11.8. The Morgan fingerprint density at radius 3 is 3.18 bits per heavy atom. The van der Waals surface area contributed by atoms with Gasteiger partial charge < -0.3 is 15.4 Å². The van der Waals surface area contributed by atoms with E-state index in [0.29, 0.717) is 17.8 Å². The number of hydrogen-bond donors (Lipinski definition) is 2. The van der Waals surface area contributed by atoms with E-state index in [-0.39, 0.29) is 12.1 Å². The van der Waals surface area contributed by atoms with Gasteiger partial charge in [-0.2, -0.15) is 5.26 Å². The Bertz CT molecular complexity index is 541. The monoisotopic (exact) mass is 302 g/mol. The van der Waals surface area contributed by atoms with Gasteiger partial charge in [0.1, 0.15) is 0 Å². The summed E-state index contributed by atoms with van der Waals surface area (Å²) in [7, 11) is 0. The lowest BCUT2D eigenvalue weighted by molar-refractivity contribution is -0.0294. The highest BCUT2D eigenvalue weighted by atomic mass is 16.5. The summed E-state index contributed by atoms with van der Waals surface area (Å²) in [6, 6.07) is 8.61. The minimum atomic E-state index is -0.266. The molecule has 0 spiro atoms. The molecule has 1 fully saturated rings. The molecule has 118 valence electrons. The minimum Gasteiger partial charge on any atom is -0.375 e. The van der Waals surface area contributed by atoms with E-state index in [2.05, 4.69) is 22.5 Å². The van der Waals surface area contributed by atoms with Gasteiger partial charge in [0.2, 0.25) is 0 Å². The number of carbonyl (C=O) groups is 1. The Morgan fingerprint density at radius 1 is 1.55 bits per heavy atom. The Hall–Kier alpha value is -2.10. The third kappa shape index (κ3) is 5.02. The van der Waals surface area contributed by atoms with Crippen LogP contribution >= 0.6 is 0 Å². The van der Waals surface area contributed by atoms with Gasteiger partial charge in [0.25, 0.3) is 0 Å². The fraction of sp³-hybridized carbons (Fsp3) is 0.500. The second-order valence-corrected chi connectivity index (χ2v) is 5.25. The second-order valence-electron chi connectivity index (χ2n) is 5.25. The van der Waals surface area contributed by atoms with Gasteiger partial charge in [0, 0.05) is 25.3 Å². The lowest BCUT2D eigenvalue weighted by atomic mass is 10.2. The molecule has 22 heavy (non-hydrogen) atoms. The molecule has 0 aliphatic carbocycles. The SMILES string of the molecule is CCN1CCO[C@@H](CCNC(=O)Nc2cccc(C#N)c2)C1. The Balaban J connectivity index is 1.70. The van der Waals surface area contributed by atoms with Crippen LogP contribution in [0.15, 0.2) is 24.3 Å². The van der Waals surface area contributed by atoms with Crippen molar-refractivity contribution in [3.05, 3.63) is 29.8 Å². The number of carbonyl (C=O) groups excluding carboxylic acids is 1. The van der Waals surface area contributed by atoms with Crippen LogP contribution < -0.4 is 10.6 Å². The normalized spacial score (nSPS) is 18.5.